The molecule has 0 aromatic carbocycles. The molecule has 70 valence electrons. The minimum Gasteiger partial charge on any atom is -0.0883 e. The van der Waals surface area contributed by atoms with Crippen LogP contribution in [0.5, 0.6) is 0 Å². The summed E-state index contributed by atoms with van der Waals surface area (Å²) in [5.74, 6) is 1.85. The molecule has 1 unspecified atom stereocenters. The maximum atomic E-state index is 2.47. The van der Waals surface area contributed by atoms with Crippen molar-refractivity contribution in [1.82, 2.24) is 0 Å². The van der Waals surface area contributed by atoms with E-state index in [9.17, 15) is 0 Å². The molecule has 2 atom stereocenters. The average Bonchev–Trinajstić information content (AvgIpc) is 2.46. The Morgan fingerprint density at radius 3 is 2.75 bits per heavy atom. The van der Waals surface area contributed by atoms with E-state index in [1.165, 1.54) is 38.5 Å². The van der Waals surface area contributed by atoms with Crippen molar-refractivity contribution in [2.45, 2.75) is 52.4 Å². The average molecular weight is 166 g/mol. The quantitative estimate of drug-likeness (QED) is 0.434. The van der Waals surface area contributed by atoms with E-state index in [2.05, 4.69) is 26.0 Å². The first-order valence-electron chi connectivity index (χ1n) is 5.51. The van der Waals surface area contributed by atoms with Gasteiger partial charge in [-0.25, -0.2) is 0 Å². The van der Waals surface area contributed by atoms with E-state index in [4.69, 9.17) is 0 Å². The lowest BCUT2D eigenvalue weighted by Gasteiger charge is -2.08. The van der Waals surface area contributed by atoms with Crippen LogP contribution in [0, 0.1) is 11.8 Å². The van der Waals surface area contributed by atoms with Crippen LogP contribution in [0.3, 0.4) is 0 Å². The van der Waals surface area contributed by atoms with E-state index < -0.39 is 0 Å². The van der Waals surface area contributed by atoms with Crippen LogP contribution in [0.1, 0.15) is 52.4 Å². The molecule has 0 heterocycles. The van der Waals surface area contributed by atoms with E-state index in [1.54, 1.807) is 0 Å². The summed E-state index contributed by atoms with van der Waals surface area (Å²) >= 11 is 0. The SMILES string of the molecule is CCCC/C=C/C1CCC[C@H]1C. The largest absolute Gasteiger partial charge is 0.0883 e. The third-order valence-electron chi connectivity index (χ3n) is 3.04. The van der Waals surface area contributed by atoms with Crippen LogP contribution >= 0.6 is 0 Å². The molecule has 1 fully saturated rings. The monoisotopic (exact) mass is 166 g/mol. The zero-order valence-electron chi connectivity index (χ0n) is 8.55. The van der Waals surface area contributed by atoms with Crippen molar-refractivity contribution in [3.8, 4) is 0 Å². The van der Waals surface area contributed by atoms with E-state index in [0.717, 1.165) is 11.8 Å². The molecule has 0 heteroatoms. The lowest BCUT2D eigenvalue weighted by atomic mass is 9.97. The standard InChI is InChI=1S/C12H22/c1-3-4-5-6-9-12-10-7-8-11(12)2/h6,9,11-12H,3-5,7-8,10H2,1-2H3/b9-6+/t11-,12?/m1/s1. The highest BCUT2D eigenvalue weighted by molar-refractivity contribution is 4.93. The number of unbranched alkanes of at least 4 members (excludes halogenated alkanes) is 2. The molecule has 1 aliphatic carbocycles. The molecule has 1 rings (SSSR count). The fraction of sp³-hybridized carbons (Fsp3) is 0.833. The molecule has 0 amide bonds. The first-order valence-corrected chi connectivity index (χ1v) is 5.51. The predicted molar refractivity (Wildman–Crippen MR) is 55.2 cm³/mol. The molecule has 0 spiro atoms. The Labute approximate surface area is 77.1 Å². The second-order valence-corrected chi connectivity index (χ2v) is 4.14. The van der Waals surface area contributed by atoms with Crippen molar-refractivity contribution in [2.75, 3.05) is 0 Å². The van der Waals surface area contributed by atoms with Gasteiger partial charge in [-0.1, -0.05) is 51.7 Å². The summed E-state index contributed by atoms with van der Waals surface area (Å²) in [7, 11) is 0. The van der Waals surface area contributed by atoms with Gasteiger partial charge in [-0.3, -0.25) is 0 Å². The highest BCUT2D eigenvalue weighted by atomic mass is 14.2. The van der Waals surface area contributed by atoms with Crippen LogP contribution < -0.4 is 0 Å². The molecule has 0 bridgehead atoms. The van der Waals surface area contributed by atoms with Crippen molar-refractivity contribution in [3.05, 3.63) is 12.2 Å². The van der Waals surface area contributed by atoms with Gasteiger partial charge in [-0.2, -0.15) is 0 Å². The fourth-order valence-electron chi connectivity index (χ4n) is 2.05. The maximum Gasteiger partial charge on any atom is -0.0208 e. The minimum atomic E-state index is 0.904. The van der Waals surface area contributed by atoms with Gasteiger partial charge in [0.2, 0.25) is 0 Å². The topological polar surface area (TPSA) is 0 Å². The first-order chi connectivity index (χ1) is 5.84. The van der Waals surface area contributed by atoms with Crippen LogP contribution in [0.15, 0.2) is 12.2 Å². The predicted octanol–water partition coefficient (Wildman–Crippen LogP) is 4.17. The summed E-state index contributed by atoms with van der Waals surface area (Å²) in [5, 5.41) is 0. The van der Waals surface area contributed by atoms with E-state index in [0.29, 0.717) is 0 Å². The highest BCUT2D eigenvalue weighted by Crippen LogP contribution is 2.32. The van der Waals surface area contributed by atoms with Gasteiger partial charge < -0.3 is 0 Å². The van der Waals surface area contributed by atoms with E-state index in [1.807, 2.05) is 0 Å². The molecular weight excluding hydrogens is 144 g/mol. The smallest absolute Gasteiger partial charge is 0.0208 e. The van der Waals surface area contributed by atoms with Gasteiger partial charge in [0.1, 0.15) is 0 Å². The molecule has 0 aromatic rings. The van der Waals surface area contributed by atoms with Gasteiger partial charge in [-0.15, -0.1) is 0 Å². The van der Waals surface area contributed by atoms with Crippen LogP contribution in [0.2, 0.25) is 0 Å². The Morgan fingerprint density at radius 1 is 1.33 bits per heavy atom. The summed E-state index contributed by atoms with van der Waals surface area (Å²) in [6.45, 7) is 4.65. The Balaban J connectivity index is 2.16. The molecule has 0 nitrogen and oxygen atoms in total. The molecule has 0 aromatic heterocycles. The van der Waals surface area contributed by atoms with Crippen LogP contribution in [0.25, 0.3) is 0 Å². The maximum absolute atomic E-state index is 2.47. The molecule has 0 N–H and O–H groups in total. The molecule has 0 saturated heterocycles. The van der Waals surface area contributed by atoms with Gasteiger partial charge in [0.05, 0.1) is 0 Å². The van der Waals surface area contributed by atoms with Gasteiger partial charge in [-0.05, 0) is 24.7 Å². The second kappa shape index (κ2) is 5.40. The van der Waals surface area contributed by atoms with Gasteiger partial charge >= 0.3 is 0 Å². The summed E-state index contributed by atoms with van der Waals surface area (Å²) in [6.07, 6.45) is 13.2. The summed E-state index contributed by atoms with van der Waals surface area (Å²) < 4.78 is 0. The van der Waals surface area contributed by atoms with Gasteiger partial charge in [0.15, 0.2) is 0 Å². The molecule has 0 radical (unpaired) electrons. The second-order valence-electron chi connectivity index (χ2n) is 4.14. The van der Waals surface area contributed by atoms with E-state index in [-0.39, 0.29) is 0 Å². The zero-order valence-corrected chi connectivity index (χ0v) is 8.55. The number of rotatable bonds is 4. The zero-order chi connectivity index (χ0) is 8.81. The van der Waals surface area contributed by atoms with Crippen molar-refractivity contribution in [1.29, 1.82) is 0 Å². The first kappa shape index (κ1) is 9.83. The molecular formula is C12H22. The molecule has 1 saturated carbocycles. The molecule has 12 heavy (non-hydrogen) atoms. The summed E-state index contributed by atoms with van der Waals surface area (Å²) in [6, 6.07) is 0. The molecule has 1 aliphatic rings. The van der Waals surface area contributed by atoms with Crippen molar-refractivity contribution < 1.29 is 0 Å². The normalized spacial score (nSPS) is 30.2. The van der Waals surface area contributed by atoms with Crippen molar-refractivity contribution in [2.24, 2.45) is 11.8 Å². The summed E-state index contributed by atoms with van der Waals surface area (Å²) in [4.78, 5) is 0. The lowest BCUT2D eigenvalue weighted by molar-refractivity contribution is 0.502. The van der Waals surface area contributed by atoms with Crippen molar-refractivity contribution >= 4 is 0 Å². The van der Waals surface area contributed by atoms with Gasteiger partial charge in [0.25, 0.3) is 0 Å². The van der Waals surface area contributed by atoms with E-state index >= 15 is 0 Å². The Morgan fingerprint density at radius 2 is 2.17 bits per heavy atom. The Hall–Kier alpha value is -0.260. The van der Waals surface area contributed by atoms with Crippen LogP contribution in [0.4, 0.5) is 0 Å². The third-order valence-corrected chi connectivity index (χ3v) is 3.04. The summed E-state index contributed by atoms with van der Waals surface area (Å²) in [5.41, 5.74) is 0. The lowest BCUT2D eigenvalue weighted by Crippen LogP contribution is -1.98. The molecule has 0 aliphatic heterocycles. The third kappa shape index (κ3) is 3.00. The minimum absolute atomic E-state index is 0.904. The Kier molecular flexibility index (Phi) is 4.42. The highest BCUT2D eigenvalue weighted by Gasteiger charge is 2.19. The number of hydrogen-bond donors (Lipinski definition) is 0. The van der Waals surface area contributed by atoms with Gasteiger partial charge in [0, 0.05) is 0 Å². The van der Waals surface area contributed by atoms with Crippen molar-refractivity contribution in [3.63, 3.8) is 0 Å². The Bertz CT molecular complexity index is 135. The number of hydrogen-bond acceptors (Lipinski definition) is 0. The number of allylic oxidation sites excluding steroid dienone is 2. The van der Waals surface area contributed by atoms with Crippen LogP contribution in [-0.4, -0.2) is 0 Å². The fourth-order valence-corrected chi connectivity index (χ4v) is 2.05. The van der Waals surface area contributed by atoms with Crippen LogP contribution in [-0.2, 0) is 0 Å².